The van der Waals surface area contributed by atoms with Crippen molar-refractivity contribution in [3.05, 3.63) is 48.2 Å². The summed E-state index contributed by atoms with van der Waals surface area (Å²) in [6.45, 7) is 7.37. The number of carbonyl (C=O) groups is 2. The number of alkyl halides is 3. The average molecular weight is 436 g/mol. The van der Waals surface area contributed by atoms with Crippen molar-refractivity contribution < 1.29 is 27.5 Å². The Bertz CT molecular complexity index is 975. The maximum absolute atomic E-state index is 13.1. The van der Waals surface area contributed by atoms with Gasteiger partial charge in [-0.25, -0.2) is 14.7 Å². The van der Waals surface area contributed by atoms with Gasteiger partial charge in [0.2, 0.25) is 0 Å². The van der Waals surface area contributed by atoms with Crippen LogP contribution in [-0.4, -0.2) is 39.8 Å². The zero-order chi connectivity index (χ0) is 23.0. The molecule has 0 unspecified atom stereocenters. The summed E-state index contributed by atoms with van der Waals surface area (Å²) >= 11 is 0. The molecule has 0 radical (unpaired) electrons. The molecule has 0 spiro atoms. The van der Waals surface area contributed by atoms with E-state index in [0.29, 0.717) is 5.82 Å². The minimum Gasteiger partial charge on any atom is -0.406 e. The molecule has 3 amide bonds. The van der Waals surface area contributed by atoms with Crippen LogP contribution in [-0.2, 0) is 11.3 Å². The zero-order valence-corrected chi connectivity index (χ0v) is 17.5. The van der Waals surface area contributed by atoms with E-state index in [4.69, 9.17) is 0 Å². The number of nitrogens with one attached hydrogen (secondary N) is 1. The van der Waals surface area contributed by atoms with Gasteiger partial charge >= 0.3 is 12.4 Å². The fourth-order valence-corrected chi connectivity index (χ4v) is 3.26. The van der Waals surface area contributed by atoms with Gasteiger partial charge in [0.1, 0.15) is 17.1 Å². The Morgan fingerprint density at radius 2 is 1.77 bits per heavy atom. The molecule has 31 heavy (non-hydrogen) atoms. The van der Waals surface area contributed by atoms with Crippen LogP contribution >= 0.6 is 0 Å². The van der Waals surface area contributed by atoms with Crippen molar-refractivity contribution in [2.24, 2.45) is 0 Å². The summed E-state index contributed by atoms with van der Waals surface area (Å²) in [5, 5.41) is 3.18. The van der Waals surface area contributed by atoms with Gasteiger partial charge in [-0.1, -0.05) is 0 Å². The molecule has 1 saturated heterocycles. The molecule has 0 saturated carbocycles. The molecule has 1 aromatic heterocycles. The summed E-state index contributed by atoms with van der Waals surface area (Å²) < 4.78 is 40.9. The van der Waals surface area contributed by atoms with Crippen molar-refractivity contribution in [2.45, 2.75) is 52.2 Å². The molecule has 0 atom stereocenters. The Labute approximate surface area is 177 Å². The fraction of sp³-hybridized carbons (Fsp3) is 0.381. The number of rotatable bonds is 6. The second kappa shape index (κ2) is 8.09. The van der Waals surface area contributed by atoms with Crippen LogP contribution in [0.1, 0.15) is 33.3 Å². The standard InChI is InChI=1S/C21H23F3N4O3/c1-13(2)26-17-11-14(9-10-25-17)12-27-19(30)28(18(29)20(27,3)4)15-5-7-16(8-6-15)31-21(22,23)24/h5-11,13H,12H2,1-4H3,(H,25,26). The first-order chi connectivity index (χ1) is 14.4. The zero-order valence-electron chi connectivity index (χ0n) is 17.5. The predicted molar refractivity (Wildman–Crippen MR) is 109 cm³/mol. The minimum atomic E-state index is -4.83. The minimum absolute atomic E-state index is 0.164. The van der Waals surface area contributed by atoms with Crippen LogP contribution < -0.4 is 15.0 Å². The van der Waals surface area contributed by atoms with Crippen LogP contribution in [0.2, 0.25) is 0 Å². The number of carbonyl (C=O) groups excluding carboxylic acids is 2. The number of halogens is 3. The first-order valence-corrected chi connectivity index (χ1v) is 9.62. The third-order valence-electron chi connectivity index (χ3n) is 4.75. The third kappa shape index (κ3) is 4.89. The summed E-state index contributed by atoms with van der Waals surface area (Å²) in [5.74, 6) is -0.259. The molecule has 3 rings (SSSR count). The Morgan fingerprint density at radius 3 is 2.35 bits per heavy atom. The predicted octanol–water partition coefficient (Wildman–Crippen LogP) is 4.55. The lowest BCUT2D eigenvalue weighted by atomic mass is 10.0. The van der Waals surface area contributed by atoms with E-state index in [1.165, 1.54) is 17.0 Å². The van der Waals surface area contributed by atoms with Crippen molar-refractivity contribution in [1.29, 1.82) is 0 Å². The van der Waals surface area contributed by atoms with E-state index >= 15 is 0 Å². The molecule has 1 fully saturated rings. The van der Waals surface area contributed by atoms with Crippen molar-refractivity contribution in [2.75, 3.05) is 10.2 Å². The maximum atomic E-state index is 13.1. The van der Waals surface area contributed by atoms with E-state index in [1.807, 2.05) is 13.8 Å². The quantitative estimate of drug-likeness (QED) is 0.673. The molecule has 1 aliphatic rings. The molecule has 2 heterocycles. The lowest BCUT2D eigenvalue weighted by Gasteiger charge is -2.27. The smallest absolute Gasteiger partial charge is 0.406 e. The van der Waals surface area contributed by atoms with Crippen LogP contribution in [0.4, 0.5) is 29.5 Å². The first-order valence-electron chi connectivity index (χ1n) is 9.62. The Hall–Kier alpha value is -3.30. The van der Waals surface area contributed by atoms with E-state index in [2.05, 4.69) is 15.0 Å². The number of urea groups is 1. The third-order valence-corrected chi connectivity index (χ3v) is 4.75. The average Bonchev–Trinajstić information content (AvgIpc) is 2.81. The monoisotopic (exact) mass is 436 g/mol. The van der Waals surface area contributed by atoms with Crippen molar-refractivity contribution in [3.8, 4) is 5.75 Å². The van der Waals surface area contributed by atoms with Gasteiger partial charge in [0.05, 0.1) is 5.69 Å². The van der Waals surface area contributed by atoms with Gasteiger partial charge in [0.25, 0.3) is 5.91 Å². The van der Waals surface area contributed by atoms with E-state index in [1.54, 1.807) is 32.2 Å². The number of imide groups is 1. The Kier molecular flexibility index (Phi) is 5.84. The van der Waals surface area contributed by atoms with Crippen LogP contribution in [0.5, 0.6) is 5.75 Å². The molecule has 1 aromatic carbocycles. The molecule has 166 valence electrons. The summed E-state index contributed by atoms with van der Waals surface area (Å²) in [7, 11) is 0. The number of hydrogen-bond acceptors (Lipinski definition) is 5. The van der Waals surface area contributed by atoms with Gasteiger partial charge < -0.3 is 15.0 Å². The highest BCUT2D eigenvalue weighted by atomic mass is 19.4. The van der Waals surface area contributed by atoms with E-state index in [0.717, 1.165) is 22.6 Å². The highest BCUT2D eigenvalue weighted by molar-refractivity contribution is 6.22. The summed E-state index contributed by atoms with van der Waals surface area (Å²) in [4.78, 5) is 32.7. The highest BCUT2D eigenvalue weighted by Gasteiger charge is 2.51. The maximum Gasteiger partial charge on any atom is 0.573 e. The lowest BCUT2D eigenvalue weighted by molar-refractivity contribution is -0.274. The second-order valence-electron chi connectivity index (χ2n) is 7.96. The van der Waals surface area contributed by atoms with Gasteiger partial charge in [0, 0.05) is 18.8 Å². The molecule has 1 aliphatic heterocycles. The summed E-state index contributed by atoms with van der Waals surface area (Å²) in [5.41, 5.74) is -0.201. The van der Waals surface area contributed by atoms with Crippen LogP contribution in [0.25, 0.3) is 0 Å². The molecule has 0 aliphatic carbocycles. The topological polar surface area (TPSA) is 74.8 Å². The number of ether oxygens (including phenoxy) is 1. The number of anilines is 2. The Balaban J connectivity index is 1.83. The molecule has 0 bridgehead atoms. The molecule has 7 nitrogen and oxygen atoms in total. The largest absolute Gasteiger partial charge is 0.573 e. The van der Waals surface area contributed by atoms with Crippen LogP contribution in [0.15, 0.2) is 42.6 Å². The van der Waals surface area contributed by atoms with Crippen molar-refractivity contribution in [3.63, 3.8) is 0 Å². The van der Waals surface area contributed by atoms with Gasteiger partial charge in [0.15, 0.2) is 0 Å². The number of benzene rings is 1. The van der Waals surface area contributed by atoms with Crippen molar-refractivity contribution >= 4 is 23.4 Å². The SMILES string of the molecule is CC(C)Nc1cc(CN2C(=O)N(c3ccc(OC(F)(F)F)cc3)C(=O)C2(C)C)ccn1. The summed E-state index contributed by atoms with van der Waals surface area (Å²) in [6, 6.07) is 7.78. The fourth-order valence-electron chi connectivity index (χ4n) is 3.26. The molecule has 10 heteroatoms. The normalized spacial score (nSPS) is 16.3. The van der Waals surface area contributed by atoms with Crippen LogP contribution in [0.3, 0.4) is 0 Å². The van der Waals surface area contributed by atoms with Gasteiger partial charge in [-0.15, -0.1) is 13.2 Å². The molecule has 2 aromatic rings. The van der Waals surface area contributed by atoms with E-state index in [-0.39, 0.29) is 18.3 Å². The molecule has 1 N–H and O–H groups in total. The van der Waals surface area contributed by atoms with E-state index in [9.17, 15) is 22.8 Å². The number of aromatic nitrogens is 1. The Morgan fingerprint density at radius 1 is 1.13 bits per heavy atom. The summed E-state index contributed by atoms with van der Waals surface area (Å²) in [6.07, 6.45) is -3.21. The van der Waals surface area contributed by atoms with Crippen molar-refractivity contribution in [1.82, 2.24) is 9.88 Å². The van der Waals surface area contributed by atoms with Gasteiger partial charge in [-0.2, -0.15) is 0 Å². The second-order valence-corrected chi connectivity index (χ2v) is 7.96. The van der Waals surface area contributed by atoms with Crippen LogP contribution in [0, 0.1) is 0 Å². The highest BCUT2D eigenvalue weighted by Crippen LogP contribution is 2.34. The lowest BCUT2D eigenvalue weighted by Crippen LogP contribution is -2.43. The number of hydrogen-bond donors (Lipinski definition) is 1. The van der Waals surface area contributed by atoms with Gasteiger partial charge in [-0.05, 0) is 69.7 Å². The van der Waals surface area contributed by atoms with E-state index < -0.39 is 29.6 Å². The molecular formula is C21H23F3N4O3. The first kappa shape index (κ1) is 22.4. The van der Waals surface area contributed by atoms with Gasteiger partial charge in [-0.3, -0.25) is 4.79 Å². The number of nitrogens with zero attached hydrogens (tertiary/aromatic N) is 3. The number of amides is 3. The number of pyridine rings is 1. The molecular weight excluding hydrogens is 413 g/mol.